The zero-order valence-electron chi connectivity index (χ0n) is 11.6. The van der Waals surface area contributed by atoms with Crippen LogP contribution in [0.1, 0.15) is 17.7 Å². The van der Waals surface area contributed by atoms with E-state index in [1.165, 1.54) is 16.9 Å². The van der Waals surface area contributed by atoms with Gasteiger partial charge >= 0.3 is 0 Å². The van der Waals surface area contributed by atoms with Crippen LogP contribution in [0.5, 0.6) is 0 Å². The lowest BCUT2D eigenvalue weighted by Gasteiger charge is -2.26. The molecule has 0 atom stereocenters. The van der Waals surface area contributed by atoms with E-state index in [1.54, 1.807) is 0 Å². The molecule has 3 heteroatoms. The standard InChI is InChI=1S/C16H21N3/c1-13-6-3-4-7-16(13)19(11-5-9-17)15-8-10-18-14(2)12-15/h3-4,6-8,10,12H,5,9,11,17H2,1-2H3. The second-order valence-electron chi connectivity index (χ2n) is 4.74. The molecule has 0 bridgehead atoms. The average Bonchev–Trinajstić information content (AvgIpc) is 2.41. The molecule has 0 saturated carbocycles. The Balaban J connectivity index is 2.38. The van der Waals surface area contributed by atoms with E-state index >= 15 is 0 Å². The van der Waals surface area contributed by atoms with Crippen molar-refractivity contribution in [3.05, 3.63) is 53.9 Å². The van der Waals surface area contributed by atoms with Crippen molar-refractivity contribution in [2.75, 3.05) is 18.0 Å². The van der Waals surface area contributed by atoms with Crippen LogP contribution in [0.2, 0.25) is 0 Å². The van der Waals surface area contributed by atoms with Crippen LogP contribution in [0.3, 0.4) is 0 Å². The molecule has 100 valence electrons. The Kier molecular flexibility index (Phi) is 4.53. The number of hydrogen-bond donors (Lipinski definition) is 1. The van der Waals surface area contributed by atoms with Crippen molar-refractivity contribution in [3.8, 4) is 0 Å². The number of nitrogens with two attached hydrogens (primary N) is 1. The number of rotatable bonds is 5. The normalized spacial score (nSPS) is 10.5. The Morgan fingerprint density at radius 3 is 2.63 bits per heavy atom. The fourth-order valence-corrected chi connectivity index (χ4v) is 2.20. The summed E-state index contributed by atoms with van der Waals surface area (Å²) < 4.78 is 0. The van der Waals surface area contributed by atoms with E-state index in [1.807, 2.05) is 13.1 Å². The van der Waals surface area contributed by atoms with Crippen LogP contribution in [-0.2, 0) is 0 Å². The molecule has 0 amide bonds. The van der Waals surface area contributed by atoms with Crippen LogP contribution in [0.25, 0.3) is 0 Å². The summed E-state index contributed by atoms with van der Waals surface area (Å²) in [4.78, 5) is 6.58. The van der Waals surface area contributed by atoms with Crippen molar-refractivity contribution in [3.63, 3.8) is 0 Å². The summed E-state index contributed by atoms with van der Waals surface area (Å²) in [6.07, 6.45) is 2.83. The van der Waals surface area contributed by atoms with Gasteiger partial charge in [-0.05, 0) is 50.6 Å². The second-order valence-corrected chi connectivity index (χ2v) is 4.74. The molecule has 1 aromatic carbocycles. The van der Waals surface area contributed by atoms with Crippen molar-refractivity contribution >= 4 is 11.4 Å². The maximum Gasteiger partial charge on any atom is 0.0444 e. The number of aryl methyl sites for hydroxylation is 2. The summed E-state index contributed by atoms with van der Waals surface area (Å²) in [5, 5.41) is 0. The molecule has 0 radical (unpaired) electrons. The van der Waals surface area contributed by atoms with E-state index in [9.17, 15) is 0 Å². The van der Waals surface area contributed by atoms with Crippen LogP contribution < -0.4 is 10.6 Å². The summed E-state index contributed by atoms with van der Waals surface area (Å²) in [5.74, 6) is 0. The monoisotopic (exact) mass is 255 g/mol. The third-order valence-corrected chi connectivity index (χ3v) is 3.18. The lowest BCUT2D eigenvalue weighted by atomic mass is 10.1. The molecule has 0 saturated heterocycles. The van der Waals surface area contributed by atoms with Gasteiger partial charge in [0.15, 0.2) is 0 Å². The Hall–Kier alpha value is -1.87. The molecule has 2 aromatic rings. The third-order valence-electron chi connectivity index (χ3n) is 3.18. The minimum Gasteiger partial charge on any atom is -0.341 e. The predicted octanol–water partition coefficient (Wildman–Crippen LogP) is 3.19. The summed E-state index contributed by atoms with van der Waals surface area (Å²) >= 11 is 0. The van der Waals surface area contributed by atoms with Gasteiger partial charge in [-0.2, -0.15) is 0 Å². The molecule has 0 unspecified atom stereocenters. The second kappa shape index (κ2) is 6.34. The number of pyridine rings is 1. The molecule has 0 aliphatic carbocycles. The first-order chi connectivity index (χ1) is 9.22. The van der Waals surface area contributed by atoms with Gasteiger partial charge in [-0.3, -0.25) is 4.98 Å². The van der Waals surface area contributed by atoms with Gasteiger partial charge in [0.05, 0.1) is 0 Å². The number of nitrogens with zero attached hydrogens (tertiary/aromatic N) is 2. The van der Waals surface area contributed by atoms with Crippen LogP contribution in [0, 0.1) is 13.8 Å². The molecule has 3 nitrogen and oxygen atoms in total. The van der Waals surface area contributed by atoms with Gasteiger partial charge in [0.25, 0.3) is 0 Å². The van der Waals surface area contributed by atoms with Crippen molar-refractivity contribution in [2.45, 2.75) is 20.3 Å². The Bertz CT molecular complexity index is 537. The minimum atomic E-state index is 0.701. The number of anilines is 2. The number of benzene rings is 1. The highest BCUT2D eigenvalue weighted by molar-refractivity contribution is 5.66. The van der Waals surface area contributed by atoms with Gasteiger partial charge < -0.3 is 10.6 Å². The van der Waals surface area contributed by atoms with Crippen LogP contribution in [0.4, 0.5) is 11.4 Å². The van der Waals surface area contributed by atoms with Crippen molar-refractivity contribution in [1.82, 2.24) is 4.98 Å². The molecular formula is C16H21N3. The average molecular weight is 255 g/mol. The van der Waals surface area contributed by atoms with Crippen LogP contribution >= 0.6 is 0 Å². The molecule has 0 aliphatic rings. The fourth-order valence-electron chi connectivity index (χ4n) is 2.20. The summed E-state index contributed by atoms with van der Waals surface area (Å²) in [6, 6.07) is 12.6. The molecule has 1 heterocycles. The molecule has 1 aromatic heterocycles. The molecule has 2 rings (SSSR count). The van der Waals surface area contributed by atoms with E-state index in [2.05, 4.69) is 53.2 Å². The highest BCUT2D eigenvalue weighted by Gasteiger charge is 2.11. The zero-order chi connectivity index (χ0) is 13.7. The molecular weight excluding hydrogens is 234 g/mol. The van der Waals surface area contributed by atoms with Crippen molar-refractivity contribution in [1.29, 1.82) is 0 Å². The Morgan fingerprint density at radius 2 is 1.95 bits per heavy atom. The minimum absolute atomic E-state index is 0.701. The zero-order valence-corrected chi connectivity index (χ0v) is 11.6. The predicted molar refractivity (Wildman–Crippen MR) is 80.8 cm³/mol. The van der Waals surface area contributed by atoms with Crippen LogP contribution in [0.15, 0.2) is 42.6 Å². The van der Waals surface area contributed by atoms with E-state index in [4.69, 9.17) is 5.73 Å². The maximum atomic E-state index is 5.66. The SMILES string of the molecule is Cc1cc(N(CCCN)c2ccccc2C)ccn1. The topological polar surface area (TPSA) is 42.1 Å². The van der Waals surface area contributed by atoms with E-state index in [0.29, 0.717) is 6.54 Å². The number of hydrogen-bond acceptors (Lipinski definition) is 3. The first-order valence-electron chi connectivity index (χ1n) is 6.68. The lowest BCUT2D eigenvalue weighted by Crippen LogP contribution is -2.21. The quantitative estimate of drug-likeness (QED) is 0.892. The van der Waals surface area contributed by atoms with Gasteiger partial charge in [-0.15, -0.1) is 0 Å². The van der Waals surface area contributed by atoms with Gasteiger partial charge in [0.1, 0.15) is 0 Å². The van der Waals surface area contributed by atoms with E-state index < -0.39 is 0 Å². The smallest absolute Gasteiger partial charge is 0.0444 e. The summed E-state index contributed by atoms with van der Waals surface area (Å²) in [5.41, 5.74) is 10.4. The highest BCUT2D eigenvalue weighted by atomic mass is 15.1. The number of aromatic nitrogens is 1. The molecule has 0 fully saturated rings. The number of para-hydroxylation sites is 1. The largest absolute Gasteiger partial charge is 0.341 e. The third kappa shape index (κ3) is 3.32. The first kappa shape index (κ1) is 13.6. The summed E-state index contributed by atoms with van der Waals surface area (Å²) in [7, 11) is 0. The molecule has 0 aliphatic heterocycles. The van der Waals surface area contributed by atoms with Gasteiger partial charge in [0, 0.05) is 29.8 Å². The molecule has 2 N–H and O–H groups in total. The highest BCUT2D eigenvalue weighted by Crippen LogP contribution is 2.28. The first-order valence-corrected chi connectivity index (χ1v) is 6.68. The summed E-state index contributed by atoms with van der Waals surface area (Å²) in [6.45, 7) is 5.78. The van der Waals surface area contributed by atoms with Crippen LogP contribution in [-0.4, -0.2) is 18.1 Å². The van der Waals surface area contributed by atoms with Gasteiger partial charge in [0.2, 0.25) is 0 Å². The van der Waals surface area contributed by atoms with Crippen molar-refractivity contribution < 1.29 is 0 Å². The maximum absolute atomic E-state index is 5.66. The fraction of sp³-hybridized carbons (Fsp3) is 0.312. The van der Waals surface area contributed by atoms with Gasteiger partial charge in [-0.25, -0.2) is 0 Å². The Labute approximate surface area is 115 Å². The lowest BCUT2D eigenvalue weighted by molar-refractivity contribution is 0.815. The van der Waals surface area contributed by atoms with Crippen molar-refractivity contribution in [2.24, 2.45) is 5.73 Å². The van der Waals surface area contributed by atoms with Gasteiger partial charge in [-0.1, -0.05) is 18.2 Å². The Morgan fingerprint density at radius 1 is 1.16 bits per heavy atom. The van der Waals surface area contributed by atoms with E-state index in [-0.39, 0.29) is 0 Å². The molecule has 19 heavy (non-hydrogen) atoms. The molecule has 0 spiro atoms. The van der Waals surface area contributed by atoms with E-state index in [0.717, 1.165) is 18.7 Å².